The molecule has 1 N–H and O–H groups in total. The summed E-state index contributed by atoms with van der Waals surface area (Å²) in [6.45, 7) is 3.65. The van der Waals surface area contributed by atoms with Crippen molar-refractivity contribution in [3.8, 4) is 17.3 Å². The minimum absolute atomic E-state index is 0.0483. The molecule has 8 nitrogen and oxygen atoms in total. The van der Waals surface area contributed by atoms with Gasteiger partial charge in [-0.15, -0.1) is 0 Å². The van der Waals surface area contributed by atoms with Crippen molar-refractivity contribution in [3.63, 3.8) is 0 Å². The molecule has 1 atom stereocenters. The lowest BCUT2D eigenvalue weighted by molar-refractivity contribution is -0.144. The number of imidazole rings is 1. The summed E-state index contributed by atoms with van der Waals surface area (Å²) >= 11 is 0. The molecule has 2 amide bonds. The number of aromatic amines is 1. The van der Waals surface area contributed by atoms with E-state index in [9.17, 15) is 9.59 Å². The van der Waals surface area contributed by atoms with Gasteiger partial charge in [0.15, 0.2) is 0 Å². The summed E-state index contributed by atoms with van der Waals surface area (Å²) in [5.41, 5.74) is 2.82. The third kappa shape index (κ3) is 3.34. The number of likely N-dealkylation sites (tertiary alicyclic amines) is 1. The van der Waals surface area contributed by atoms with Gasteiger partial charge in [-0.2, -0.15) is 0 Å². The number of carbonyl (C=O) groups excluding carboxylic acids is 2. The van der Waals surface area contributed by atoms with Gasteiger partial charge in [0.25, 0.3) is 0 Å². The zero-order valence-electron chi connectivity index (χ0n) is 16.3. The Hall–Kier alpha value is -2.90. The van der Waals surface area contributed by atoms with Crippen LogP contribution < -0.4 is 4.74 Å². The molecule has 2 aliphatic rings. The number of pyridine rings is 1. The summed E-state index contributed by atoms with van der Waals surface area (Å²) in [5, 5.41) is 0. The number of hydrogen-bond donors (Lipinski definition) is 1. The van der Waals surface area contributed by atoms with Crippen LogP contribution in [0.3, 0.4) is 0 Å². The zero-order valence-corrected chi connectivity index (χ0v) is 16.3. The Kier molecular flexibility index (Phi) is 5.02. The molecule has 4 heterocycles. The Morgan fingerprint density at radius 1 is 1.32 bits per heavy atom. The largest absolute Gasteiger partial charge is 0.481 e. The van der Waals surface area contributed by atoms with Gasteiger partial charge in [-0.1, -0.05) is 6.92 Å². The molecule has 0 unspecified atom stereocenters. The maximum atomic E-state index is 13.1. The van der Waals surface area contributed by atoms with Gasteiger partial charge in [-0.3, -0.25) is 9.59 Å². The monoisotopic (exact) mass is 383 g/mol. The summed E-state index contributed by atoms with van der Waals surface area (Å²) < 4.78 is 5.10. The van der Waals surface area contributed by atoms with E-state index in [1.54, 1.807) is 24.3 Å². The molecule has 2 aliphatic heterocycles. The molecular formula is C20H25N5O3. The molecule has 0 aromatic carbocycles. The molecule has 148 valence electrons. The summed E-state index contributed by atoms with van der Waals surface area (Å²) in [6, 6.07) is 3.39. The fourth-order valence-electron chi connectivity index (χ4n) is 4.00. The van der Waals surface area contributed by atoms with E-state index in [-0.39, 0.29) is 17.9 Å². The Morgan fingerprint density at radius 3 is 2.89 bits per heavy atom. The topological polar surface area (TPSA) is 91.4 Å². The molecule has 28 heavy (non-hydrogen) atoms. The van der Waals surface area contributed by atoms with E-state index in [0.29, 0.717) is 38.4 Å². The van der Waals surface area contributed by atoms with E-state index in [2.05, 4.69) is 15.0 Å². The van der Waals surface area contributed by atoms with Crippen molar-refractivity contribution >= 4 is 11.8 Å². The summed E-state index contributed by atoms with van der Waals surface area (Å²) in [4.78, 5) is 41.1. The minimum atomic E-state index is -0.317. The van der Waals surface area contributed by atoms with Crippen LogP contribution in [-0.4, -0.2) is 62.8 Å². The Morgan fingerprint density at radius 2 is 2.18 bits per heavy atom. The predicted molar refractivity (Wildman–Crippen MR) is 103 cm³/mol. The number of hydrogen-bond acceptors (Lipinski definition) is 5. The smallest absolute Gasteiger partial charge is 0.245 e. The SMILES string of the molecule is CCC(=O)N1CCC[C@H]1C(=O)N1CCc2nc(-c3ccc(OC)nc3)[nH]c2C1. The predicted octanol–water partition coefficient (Wildman–Crippen LogP) is 1.77. The quantitative estimate of drug-likeness (QED) is 0.869. The lowest BCUT2D eigenvalue weighted by Gasteiger charge is -2.32. The van der Waals surface area contributed by atoms with Crippen molar-refractivity contribution in [2.24, 2.45) is 0 Å². The average molecular weight is 383 g/mol. The number of nitrogens with one attached hydrogen (secondary N) is 1. The first kappa shape index (κ1) is 18.5. The van der Waals surface area contributed by atoms with Crippen molar-refractivity contribution in [2.45, 2.75) is 45.2 Å². The van der Waals surface area contributed by atoms with Crippen molar-refractivity contribution < 1.29 is 14.3 Å². The summed E-state index contributed by atoms with van der Waals surface area (Å²) in [5.74, 6) is 1.41. The van der Waals surface area contributed by atoms with Crippen LogP contribution in [0.4, 0.5) is 0 Å². The maximum Gasteiger partial charge on any atom is 0.245 e. The van der Waals surface area contributed by atoms with Gasteiger partial charge in [-0.05, 0) is 18.9 Å². The highest BCUT2D eigenvalue weighted by atomic mass is 16.5. The maximum absolute atomic E-state index is 13.1. The van der Waals surface area contributed by atoms with Gasteiger partial charge in [0, 0.05) is 43.8 Å². The van der Waals surface area contributed by atoms with E-state index >= 15 is 0 Å². The van der Waals surface area contributed by atoms with Gasteiger partial charge in [0.1, 0.15) is 11.9 Å². The molecule has 4 rings (SSSR count). The summed E-state index contributed by atoms with van der Waals surface area (Å²) in [7, 11) is 1.58. The van der Waals surface area contributed by atoms with Crippen molar-refractivity contribution in [1.29, 1.82) is 0 Å². The highest BCUT2D eigenvalue weighted by Crippen LogP contribution is 2.26. The van der Waals surface area contributed by atoms with Crippen LogP contribution in [0, 0.1) is 0 Å². The van der Waals surface area contributed by atoms with Crippen molar-refractivity contribution in [3.05, 3.63) is 29.7 Å². The van der Waals surface area contributed by atoms with Gasteiger partial charge in [0.2, 0.25) is 17.7 Å². The molecule has 2 aromatic rings. The third-order valence-corrected chi connectivity index (χ3v) is 5.52. The van der Waals surface area contributed by atoms with E-state index in [4.69, 9.17) is 4.74 Å². The van der Waals surface area contributed by atoms with Gasteiger partial charge in [-0.25, -0.2) is 9.97 Å². The van der Waals surface area contributed by atoms with Crippen LogP contribution in [0.25, 0.3) is 11.4 Å². The lowest BCUT2D eigenvalue weighted by Crippen LogP contribution is -2.49. The van der Waals surface area contributed by atoms with E-state index in [0.717, 1.165) is 35.6 Å². The molecule has 0 radical (unpaired) electrons. The molecule has 0 spiro atoms. The van der Waals surface area contributed by atoms with Crippen LogP contribution in [0.15, 0.2) is 18.3 Å². The molecule has 0 bridgehead atoms. The van der Waals surface area contributed by atoms with Gasteiger partial charge < -0.3 is 19.5 Å². The highest BCUT2D eigenvalue weighted by molar-refractivity contribution is 5.88. The zero-order chi connectivity index (χ0) is 19.7. The normalized spacial score (nSPS) is 18.9. The van der Waals surface area contributed by atoms with Crippen LogP contribution in [-0.2, 0) is 22.6 Å². The Balaban J connectivity index is 1.49. The Labute approximate surface area is 163 Å². The lowest BCUT2D eigenvalue weighted by atomic mass is 10.1. The number of nitrogens with zero attached hydrogens (tertiary/aromatic N) is 4. The van der Waals surface area contributed by atoms with Crippen LogP contribution in [0.1, 0.15) is 37.6 Å². The first-order valence-electron chi connectivity index (χ1n) is 9.77. The number of rotatable bonds is 4. The van der Waals surface area contributed by atoms with Crippen LogP contribution in [0.5, 0.6) is 5.88 Å². The number of fused-ring (bicyclic) bond motifs is 1. The van der Waals surface area contributed by atoms with Gasteiger partial charge >= 0.3 is 0 Å². The molecule has 0 aliphatic carbocycles. The van der Waals surface area contributed by atoms with Crippen LogP contribution in [0.2, 0.25) is 0 Å². The fourth-order valence-corrected chi connectivity index (χ4v) is 4.00. The molecule has 8 heteroatoms. The number of H-pyrrole nitrogens is 1. The van der Waals surface area contributed by atoms with E-state index in [1.807, 2.05) is 17.9 Å². The number of carbonyl (C=O) groups is 2. The van der Waals surface area contributed by atoms with Crippen molar-refractivity contribution in [1.82, 2.24) is 24.8 Å². The number of aromatic nitrogens is 3. The van der Waals surface area contributed by atoms with Crippen molar-refractivity contribution in [2.75, 3.05) is 20.2 Å². The summed E-state index contributed by atoms with van der Waals surface area (Å²) in [6.07, 6.45) is 4.50. The second kappa shape index (κ2) is 7.61. The highest BCUT2D eigenvalue weighted by Gasteiger charge is 2.37. The van der Waals surface area contributed by atoms with E-state index in [1.165, 1.54) is 0 Å². The molecular weight excluding hydrogens is 358 g/mol. The molecule has 1 saturated heterocycles. The van der Waals surface area contributed by atoms with E-state index < -0.39 is 0 Å². The molecule has 1 fully saturated rings. The third-order valence-electron chi connectivity index (χ3n) is 5.52. The molecule has 0 saturated carbocycles. The molecule has 2 aromatic heterocycles. The average Bonchev–Trinajstić information content (AvgIpc) is 3.39. The Bertz CT molecular complexity index is 876. The first-order valence-corrected chi connectivity index (χ1v) is 9.77. The standard InChI is InChI=1S/C20H25N5O3/c1-3-18(26)25-9-4-5-16(25)20(27)24-10-8-14-15(12-24)23-19(22-14)13-6-7-17(28-2)21-11-13/h6-7,11,16H,3-5,8-10,12H2,1-2H3,(H,22,23)/t16-/m0/s1. The minimum Gasteiger partial charge on any atom is -0.481 e. The number of amides is 2. The number of ether oxygens (including phenoxy) is 1. The first-order chi connectivity index (χ1) is 13.6. The van der Waals surface area contributed by atoms with Crippen LogP contribution >= 0.6 is 0 Å². The fraction of sp³-hybridized carbons (Fsp3) is 0.500. The van der Waals surface area contributed by atoms with Gasteiger partial charge in [0.05, 0.1) is 25.0 Å². The number of methoxy groups -OCH3 is 1. The second-order valence-corrected chi connectivity index (χ2v) is 7.21. The second-order valence-electron chi connectivity index (χ2n) is 7.21.